The van der Waals surface area contributed by atoms with Gasteiger partial charge >= 0.3 is 0 Å². The van der Waals surface area contributed by atoms with E-state index >= 15 is 0 Å². The molecule has 20 atom stereocenters. The summed E-state index contributed by atoms with van der Waals surface area (Å²) in [4.78, 5) is 0. The van der Waals surface area contributed by atoms with Crippen molar-refractivity contribution >= 4 is 0 Å². The number of methoxy groups -OCH3 is 12. The third-order valence-electron chi connectivity index (χ3n) is 10.8. The van der Waals surface area contributed by atoms with Crippen LogP contribution in [-0.2, 0) is 90.0 Å². The zero-order valence-electron chi connectivity index (χ0n) is 35.0. The van der Waals surface area contributed by atoms with Crippen molar-refractivity contribution in [1.82, 2.24) is 0 Å². The fourth-order valence-electron chi connectivity index (χ4n) is 8.10. The van der Waals surface area contributed by atoms with E-state index in [1.807, 2.05) is 0 Å². The first-order valence-electron chi connectivity index (χ1n) is 18.7. The SMILES string of the molecule is COCC1OC(OC2C(COC)OC(OC3C(COC)OC(OC4C(COC)OC(O)C(OC)[C@H]4OC)C(OC)[C@H]3OC)C(OC)[C@H]2OC)C(OC)[C@@H](OC)C1O. The second-order valence-electron chi connectivity index (χ2n) is 13.9. The summed E-state index contributed by atoms with van der Waals surface area (Å²) in [7, 11) is 17.9. The van der Waals surface area contributed by atoms with Gasteiger partial charge in [0.1, 0.15) is 97.7 Å². The number of rotatable bonds is 22. The van der Waals surface area contributed by atoms with Crippen LogP contribution in [0.3, 0.4) is 0 Å². The van der Waals surface area contributed by atoms with Crippen molar-refractivity contribution in [3.63, 3.8) is 0 Å². The van der Waals surface area contributed by atoms with E-state index in [9.17, 15) is 10.2 Å². The van der Waals surface area contributed by atoms with Crippen LogP contribution in [0.4, 0.5) is 0 Å². The molecule has 4 saturated heterocycles. The highest BCUT2D eigenvalue weighted by molar-refractivity contribution is 5.00. The van der Waals surface area contributed by atoms with E-state index in [2.05, 4.69) is 0 Å². The Kier molecular flexibility index (Phi) is 20.5. The molecule has 21 heteroatoms. The molecule has 0 aromatic heterocycles. The molecule has 0 aliphatic carbocycles. The zero-order valence-corrected chi connectivity index (χ0v) is 35.0. The van der Waals surface area contributed by atoms with Gasteiger partial charge in [-0.15, -0.1) is 0 Å². The molecule has 2 N–H and O–H groups in total. The molecular formula is C36H66O21. The van der Waals surface area contributed by atoms with Gasteiger partial charge in [-0.3, -0.25) is 0 Å². The largest absolute Gasteiger partial charge is 0.387 e. The fraction of sp³-hybridized carbons (Fsp3) is 1.00. The molecule has 57 heavy (non-hydrogen) atoms. The third-order valence-corrected chi connectivity index (χ3v) is 10.8. The normalized spacial score (nSPS) is 44.3. The number of aliphatic hydroxyl groups is 2. The van der Waals surface area contributed by atoms with Crippen molar-refractivity contribution < 1.29 is 100 Å². The van der Waals surface area contributed by atoms with Crippen LogP contribution in [0.2, 0.25) is 0 Å². The summed E-state index contributed by atoms with van der Waals surface area (Å²) in [6, 6.07) is 0. The van der Waals surface area contributed by atoms with Crippen LogP contribution in [0.15, 0.2) is 0 Å². The van der Waals surface area contributed by atoms with Gasteiger partial charge in [-0.1, -0.05) is 0 Å². The monoisotopic (exact) mass is 834 g/mol. The van der Waals surface area contributed by atoms with Crippen LogP contribution in [0.25, 0.3) is 0 Å². The molecule has 0 amide bonds. The zero-order chi connectivity index (χ0) is 41.8. The lowest BCUT2D eigenvalue weighted by Gasteiger charge is -2.51. The average molecular weight is 835 g/mol. The maximum Gasteiger partial charge on any atom is 0.187 e. The minimum atomic E-state index is -1.30. The van der Waals surface area contributed by atoms with Crippen molar-refractivity contribution in [3.05, 3.63) is 0 Å². The third kappa shape index (κ3) is 11.0. The number of hydrogen-bond donors (Lipinski definition) is 2. The lowest BCUT2D eigenvalue weighted by molar-refractivity contribution is -0.394. The number of ether oxygens (including phenoxy) is 19. The van der Waals surface area contributed by atoms with E-state index in [4.69, 9.17) is 90.0 Å². The van der Waals surface area contributed by atoms with Crippen LogP contribution in [0.1, 0.15) is 0 Å². The first-order valence-corrected chi connectivity index (χ1v) is 18.7. The Morgan fingerprint density at radius 1 is 0.316 bits per heavy atom. The maximum atomic E-state index is 11.0. The molecule has 0 spiro atoms. The van der Waals surface area contributed by atoms with E-state index in [0.29, 0.717) is 0 Å². The van der Waals surface area contributed by atoms with E-state index < -0.39 is 123 Å². The van der Waals surface area contributed by atoms with E-state index in [1.54, 1.807) is 0 Å². The van der Waals surface area contributed by atoms with Gasteiger partial charge in [-0.25, -0.2) is 0 Å². The predicted octanol–water partition coefficient (Wildman–Crippen LogP) is -1.90. The highest BCUT2D eigenvalue weighted by Crippen LogP contribution is 2.38. The van der Waals surface area contributed by atoms with E-state index in [-0.39, 0.29) is 26.4 Å². The van der Waals surface area contributed by atoms with Gasteiger partial charge in [0, 0.05) is 85.3 Å². The first-order chi connectivity index (χ1) is 27.6. The van der Waals surface area contributed by atoms with Crippen molar-refractivity contribution in [2.24, 2.45) is 0 Å². The van der Waals surface area contributed by atoms with Crippen molar-refractivity contribution in [3.8, 4) is 0 Å². The molecule has 16 unspecified atom stereocenters. The smallest absolute Gasteiger partial charge is 0.187 e. The van der Waals surface area contributed by atoms with E-state index in [1.165, 1.54) is 85.3 Å². The predicted molar refractivity (Wildman–Crippen MR) is 191 cm³/mol. The molecule has 4 fully saturated rings. The van der Waals surface area contributed by atoms with Gasteiger partial charge in [0.15, 0.2) is 25.2 Å². The lowest BCUT2D eigenvalue weighted by Crippen LogP contribution is -2.68. The van der Waals surface area contributed by atoms with Crippen LogP contribution in [0, 0.1) is 0 Å². The van der Waals surface area contributed by atoms with Crippen molar-refractivity contribution in [2.45, 2.75) is 123 Å². The van der Waals surface area contributed by atoms with Crippen LogP contribution >= 0.6 is 0 Å². The second kappa shape index (κ2) is 24.0. The highest BCUT2D eigenvalue weighted by Gasteiger charge is 2.57. The molecule has 0 aromatic rings. The summed E-state index contributed by atoms with van der Waals surface area (Å²) >= 11 is 0. The summed E-state index contributed by atoms with van der Waals surface area (Å²) in [5.74, 6) is 0. The Balaban J connectivity index is 1.62. The molecule has 4 heterocycles. The Labute approximate surface area is 334 Å². The average Bonchev–Trinajstić information content (AvgIpc) is 3.20. The van der Waals surface area contributed by atoms with Gasteiger partial charge in [0.25, 0.3) is 0 Å². The van der Waals surface area contributed by atoms with Gasteiger partial charge in [0.05, 0.1) is 26.4 Å². The molecule has 0 aromatic carbocycles. The number of hydrogen-bond acceptors (Lipinski definition) is 21. The topological polar surface area (TPSA) is 216 Å². The van der Waals surface area contributed by atoms with Gasteiger partial charge < -0.3 is 100 Å². The van der Waals surface area contributed by atoms with Gasteiger partial charge in [-0.2, -0.15) is 0 Å². The van der Waals surface area contributed by atoms with Crippen LogP contribution in [-0.4, -0.2) is 245 Å². The van der Waals surface area contributed by atoms with E-state index in [0.717, 1.165) is 0 Å². The Hall–Kier alpha value is -0.840. The number of aliphatic hydroxyl groups excluding tert-OH is 2. The molecule has 4 aliphatic heterocycles. The van der Waals surface area contributed by atoms with Crippen molar-refractivity contribution in [1.29, 1.82) is 0 Å². The summed E-state index contributed by atoms with van der Waals surface area (Å²) in [5, 5.41) is 21.6. The molecule has 4 rings (SSSR count). The first kappa shape index (κ1) is 48.8. The minimum absolute atomic E-state index is 0.0362. The summed E-state index contributed by atoms with van der Waals surface area (Å²) in [5.41, 5.74) is 0. The molecule has 0 saturated carbocycles. The standard InChI is InChI=1S/C36H66O21/c1-39-13-17-21(37)25(43-5)30(48-10)34(52-17)56-23-19(15-41-3)54-36(32(50-12)27(23)45-7)57-24-20(16-42-4)53-35(31(49-11)28(24)46-8)55-22-18(14-40-2)51-33(38)29(47-9)26(22)44-6/h17-38H,13-16H2,1-12H3/t17?,18?,19?,20?,21?,22?,23?,24?,25-,26-,27-,28-,29?,30?,31?,32?,33?,34?,35?,36?/m0/s1. The Bertz CT molecular complexity index is 1110. The summed E-state index contributed by atoms with van der Waals surface area (Å²) in [6.07, 6.45) is -18.2. The second-order valence-corrected chi connectivity index (χ2v) is 13.9. The van der Waals surface area contributed by atoms with Crippen LogP contribution < -0.4 is 0 Å². The lowest BCUT2D eigenvalue weighted by atomic mass is 9.95. The van der Waals surface area contributed by atoms with Gasteiger partial charge in [0.2, 0.25) is 0 Å². The molecular weight excluding hydrogens is 768 g/mol. The molecule has 4 aliphatic rings. The Morgan fingerprint density at radius 3 is 0.930 bits per heavy atom. The minimum Gasteiger partial charge on any atom is -0.387 e. The Morgan fingerprint density at radius 2 is 0.596 bits per heavy atom. The van der Waals surface area contributed by atoms with Crippen molar-refractivity contribution in [2.75, 3.05) is 112 Å². The molecule has 0 bridgehead atoms. The molecule has 21 nitrogen and oxygen atoms in total. The van der Waals surface area contributed by atoms with Crippen LogP contribution in [0.5, 0.6) is 0 Å². The summed E-state index contributed by atoms with van der Waals surface area (Å²) < 4.78 is 114. The molecule has 0 radical (unpaired) electrons. The maximum absolute atomic E-state index is 11.0. The summed E-state index contributed by atoms with van der Waals surface area (Å²) in [6.45, 7) is 0.211. The van der Waals surface area contributed by atoms with Gasteiger partial charge in [-0.05, 0) is 0 Å². The quantitative estimate of drug-likeness (QED) is 0.122. The fourth-order valence-corrected chi connectivity index (χ4v) is 8.10. The molecule has 336 valence electrons. The highest BCUT2D eigenvalue weighted by atomic mass is 16.8.